The highest BCUT2D eigenvalue weighted by Gasteiger charge is 2.48. The summed E-state index contributed by atoms with van der Waals surface area (Å²) in [6, 6.07) is 4.77. The van der Waals surface area contributed by atoms with E-state index in [4.69, 9.17) is 0 Å². The molecule has 4 nitrogen and oxygen atoms in total. The van der Waals surface area contributed by atoms with Crippen molar-refractivity contribution >= 4 is 6.03 Å². The Morgan fingerprint density at radius 3 is 2.70 bits per heavy atom. The van der Waals surface area contributed by atoms with Crippen LogP contribution < -0.4 is 5.32 Å². The van der Waals surface area contributed by atoms with Gasteiger partial charge in [-0.05, 0) is 67.9 Å². The van der Waals surface area contributed by atoms with Gasteiger partial charge in [0.05, 0.1) is 0 Å². The van der Waals surface area contributed by atoms with E-state index in [1.54, 1.807) is 0 Å². The molecule has 0 atom stereocenters. The highest BCUT2D eigenvalue weighted by molar-refractivity contribution is 5.74. The normalized spacial score (nSPS) is 24.1. The van der Waals surface area contributed by atoms with E-state index in [0.29, 0.717) is 17.4 Å². The number of amides is 2. The maximum atomic E-state index is 12.4. The molecule has 4 rings (SSSR count). The number of carbonyl (C=O) groups excluding carboxylic acids is 1. The molecule has 1 aliphatic heterocycles. The van der Waals surface area contributed by atoms with Gasteiger partial charge in [0, 0.05) is 31.5 Å². The lowest BCUT2D eigenvalue weighted by molar-refractivity contribution is 0.000134. The van der Waals surface area contributed by atoms with Crippen molar-refractivity contribution < 1.29 is 4.79 Å². The Balaban J connectivity index is 1.19. The number of nitrogens with zero attached hydrogens (tertiary/aromatic N) is 2. The lowest BCUT2D eigenvalue weighted by Crippen LogP contribution is -2.56. The first-order chi connectivity index (χ1) is 11.2. The van der Waals surface area contributed by atoms with Crippen molar-refractivity contribution in [2.24, 2.45) is 11.3 Å². The number of hydrogen-bond donors (Lipinski definition) is 1. The third-order valence-corrected chi connectivity index (χ3v) is 6.25. The average molecular weight is 313 g/mol. The van der Waals surface area contributed by atoms with Gasteiger partial charge >= 0.3 is 6.03 Å². The van der Waals surface area contributed by atoms with Crippen molar-refractivity contribution in [2.45, 2.75) is 57.4 Å². The largest absolute Gasteiger partial charge is 0.335 e. The molecule has 1 N–H and O–H groups in total. The van der Waals surface area contributed by atoms with E-state index in [9.17, 15) is 4.79 Å². The first kappa shape index (κ1) is 15.0. The van der Waals surface area contributed by atoms with E-state index < -0.39 is 0 Å². The van der Waals surface area contributed by atoms with Gasteiger partial charge in [-0.1, -0.05) is 12.5 Å². The van der Waals surface area contributed by atoms with Crippen LogP contribution in [0.15, 0.2) is 24.5 Å². The second kappa shape index (κ2) is 6.14. The van der Waals surface area contributed by atoms with Crippen LogP contribution >= 0.6 is 0 Å². The number of aromatic nitrogens is 1. The summed E-state index contributed by atoms with van der Waals surface area (Å²) in [6.07, 6.45) is 13.7. The van der Waals surface area contributed by atoms with Gasteiger partial charge in [0.15, 0.2) is 0 Å². The molecule has 124 valence electrons. The molecule has 0 radical (unpaired) electrons. The number of rotatable bonds is 3. The summed E-state index contributed by atoms with van der Waals surface area (Å²) in [4.78, 5) is 18.6. The SMILES string of the molecule is O=C(NC1CC2(CCC2)C1)N1CCC(Cc2cccnc2)CC1. The number of likely N-dealkylation sites (tertiary alicyclic amines) is 1. The van der Waals surface area contributed by atoms with Gasteiger partial charge < -0.3 is 10.2 Å². The van der Waals surface area contributed by atoms with Crippen molar-refractivity contribution in [3.05, 3.63) is 30.1 Å². The Labute approximate surface area is 138 Å². The summed E-state index contributed by atoms with van der Waals surface area (Å²) >= 11 is 0. The van der Waals surface area contributed by atoms with Crippen LogP contribution in [0.4, 0.5) is 4.79 Å². The fourth-order valence-electron chi connectivity index (χ4n) is 4.63. The van der Waals surface area contributed by atoms with E-state index in [-0.39, 0.29) is 6.03 Å². The molecule has 3 fully saturated rings. The molecule has 2 heterocycles. The number of nitrogens with one attached hydrogen (secondary N) is 1. The molecule has 4 heteroatoms. The summed E-state index contributed by atoms with van der Waals surface area (Å²) in [6.45, 7) is 1.79. The summed E-state index contributed by atoms with van der Waals surface area (Å²) in [5.74, 6) is 0.685. The fraction of sp³-hybridized carbons (Fsp3) is 0.684. The maximum Gasteiger partial charge on any atom is 0.317 e. The van der Waals surface area contributed by atoms with E-state index in [1.165, 1.54) is 37.7 Å². The highest BCUT2D eigenvalue weighted by Crippen LogP contribution is 2.55. The average Bonchev–Trinajstić information content (AvgIpc) is 2.50. The van der Waals surface area contributed by atoms with Crippen LogP contribution in [-0.2, 0) is 6.42 Å². The van der Waals surface area contributed by atoms with Crippen molar-refractivity contribution in [1.82, 2.24) is 15.2 Å². The van der Waals surface area contributed by atoms with Crippen molar-refractivity contribution in [3.63, 3.8) is 0 Å². The quantitative estimate of drug-likeness (QED) is 0.930. The van der Waals surface area contributed by atoms with E-state index in [2.05, 4.69) is 16.4 Å². The molecule has 2 aliphatic carbocycles. The van der Waals surface area contributed by atoms with E-state index in [1.807, 2.05) is 23.4 Å². The molecule has 1 saturated heterocycles. The zero-order valence-corrected chi connectivity index (χ0v) is 13.8. The van der Waals surface area contributed by atoms with Gasteiger partial charge in [0.25, 0.3) is 0 Å². The molecule has 0 unspecified atom stereocenters. The van der Waals surface area contributed by atoms with Crippen LogP contribution in [0, 0.1) is 11.3 Å². The third kappa shape index (κ3) is 3.22. The fourth-order valence-corrected chi connectivity index (χ4v) is 4.63. The zero-order valence-electron chi connectivity index (χ0n) is 13.8. The van der Waals surface area contributed by atoms with Gasteiger partial charge in [0.2, 0.25) is 0 Å². The Kier molecular flexibility index (Phi) is 4.00. The molecule has 0 aromatic carbocycles. The summed E-state index contributed by atoms with van der Waals surface area (Å²) in [5.41, 5.74) is 1.95. The summed E-state index contributed by atoms with van der Waals surface area (Å²) in [5, 5.41) is 3.25. The smallest absolute Gasteiger partial charge is 0.317 e. The van der Waals surface area contributed by atoms with Crippen molar-refractivity contribution in [3.8, 4) is 0 Å². The molecular weight excluding hydrogens is 286 g/mol. The van der Waals surface area contributed by atoms with Crippen LogP contribution in [0.25, 0.3) is 0 Å². The molecule has 1 aromatic heterocycles. The number of carbonyl (C=O) groups is 1. The predicted molar refractivity (Wildman–Crippen MR) is 90.1 cm³/mol. The minimum absolute atomic E-state index is 0.170. The second-order valence-electron chi connectivity index (χ2n) is 7.90. The van der Waals surface area contributed by atoms with Crippen molar-refractivity contribution in [2.75, 3.05) is 13.1 Å². The molecule has 23 heavy (non-hydrogen) atoms. The Morgan fingerprint density at radius 2 is 2.09 bits per heavy atom. The lowest BCUT2D eigenvalue weighted by Gasteiger charge is -2.54. The summed E-state index contributed by atoms with van der Waals surface area (Å²) in [7, 11) is 0. The van der Waals surface area contributed by atoms with Crippen LogP contribution in [0.5, 0.6) is 0 Å². The van der Waals surface area contributed by atoms with Crippen molar-refractivity contribution in [1.29, 1.82) is 0 Å². The number of urea groups is 1. The molecule has 3 aliphatic rings. The first-order valence-corrected chi connectivity index (χ1v) is 9.17. The monoisotopic (exact) mass is 313 g/mol. The Morgan fingerprint density at radius 1 is 1.30 bits per heavy atom. The van der Waals surface area contributed by atoms with Crippen LogP contribution in [0.3, 0.4) is 0 Å². The summed E-state index contributed by atoms with van der Waals surface area (Å²) < 4.78 is 0. The van der Waals surface area contributed by atoms with Gasteiger partial charge in [-0.2, -0.15) is 0 Å². The van der Waals surface area contributed by atoms with Gasteiger partial charge in [-0.25, -0.2) is 4.79 Å². The van der Waals surface area contributed by atoms with Crippen LogP contribution in [0.1, 0.15) is 50.5 Å². The third-order valence-electron chi connectivity index (χ3n) is 6.25. The lowest BCUT2D eigenvalue weighted by atomic mass is 9.54. The Hall–Kier alpha value is -1.58. The minimum atomic E-state index is 0.170. The van der Waals surface area contributed by atoms with E-state index >= 15 is 0 Å². The molecule has 0 bridgehead atoms. The highest BCUT2D eigenvalue weighted by atomic mass is 16.2. The van der Waals surface area contributed by atoms with E-state index in [0.717, 1.165) is 32.4 Å². The molecule has 2 saturated carbocycles. The maximum absolute atomic E-state index is 12.4. The molecule has 1 aromatic rings. The second-order valence-corrected chi connectivity index (χ2v) is 7.90. The number of hydrogen-bond acceptors (Lipinski definition) is 2. The van der Waals surface area contributed by atoms with Gasteiger partial charge in [-0.3, -0.25) is 4.98 Å². The standard InChI is InChI=1S/C19H27N3O/c23-18(21-17-12-19(13-17)6-2-7-19)22-9-4-15(5-10-22)11-16-3-1-8-20-14-16/h1,3,8,14-15,17H,2,4-7,9-13H2,(H,21,23). The predicted octanol–water partition coefficient (Wildman–Crippen LogP) is 3.38. The topological polar surface area (TPSA) is 45.2 Å². The van der Waals surface area contributed by atoms with Gasteiger partial charge in [0.1, 0.15) is 0 Å². The molecule has 1 spiro atoms. The number of pyridine rings is 1. The molecule has 2 amide bonds. The van der Waals surface area contributed by atoms with Crippen LogP contribution in [0.2, 0.25) is 0 Å². The number of piperidine rings is 1. The minimum Gasteiger partial charge on any atom is -0.335 e. The van der Waals surface area contributed by atoms with Crippen LogP contribution in [-0.4, -0.2) is 35.0 Å². The van der Waals surface area contributed by atoms with Gasteiger partial charge in [-0.15, -0.1) is 0 Å². The molecular formula is C19H27N3O. The first-order valence-electron chi connectivity index (χ1n) is 9.17. The zero-order chi connectivity index (χ0) is 15.7. The Bertz CT molecular complexity index is 539.